The van der Waals surface area contributed by atoms with E-state index in [-0.39, 0.29) is 37.6 Å². The van der Waals surface area contributed by atoms with Crippen molar-refractivity contribution < 1.29 is 37.4 Å². The van der Waals surface area contributed by atoms with Crippen molar-refractivity contribution in [2.45, 2.75) is 70.1 Å². The van der Waals surface area contributed by atoms with Gasteiger partial charge in [-0.3, -0.25) is 9.59 Å². The van der Waals surface area contributed by atoms with Crippen LogP contribution >= 0.6 is 0 Å². The average Bonchev–Trinajstić information content (AvgIpc) is 3.56. The first-order valence-corrected chi connectivity index (χ1v) is 17.8. The largest absolute Gasteiger partial charge is 0.497 e. The number of benzene rings is 2. The molecule has 2 fully saturated rings. The third-order valence-corrected chi connectivity index (χ3v) is 11.0. The standard InChI is InChI=1S/C35H42N4O8S/c1-5-47-35(43)30-18-25(40)20-39(30)34(42)24-15-23-16-26(46-4)12-14-27(23)32-31(21-9-7-6-8-10-21)28-13-11-22(17-29(28)38(32)19-24)33(41)36-48(44,45)37(2)3/h11-17,21,25,30,40H,5-10,18-20H2,1-4H3,(H,36,41)/t25-,30-/m1/s1. The van der Waals surface area contributed by atoms with Crippen molar-refractivity contribution in [3.05, 3.63) is 58.7 Å². The molecule has 1 saturated carbocycles. The Kier molecular flexibility index (Phi) is 9.38. The number of methoxy groups -OCH3 is 1. The molecule has 0 spiro atoms. The SMILES string of the molecule is CCOC(=O)[C@H]1C[C@@H](O)CN1C(=O)C1=Cc2cc(OC)ccc2-c2c(C3CCCCC3)c3ccc(C(=O)NS(=O)(=O)N(C)C)cc3n2C1. The van der Waals surface area contributed by atoms with Gasteiger partial charge in [0.2, 0.25) is 0 Å². The summed E-state index contributed by atoms with van der Waals surface area (Å²) in [5, 5.41) is 11.5. The molecule has 256 valence electrons. The van der Waals surface area contributed by atoms with Crippen LogP contribution in [0.5, 0.6) is 5.75 Å². The molecule has 12 nitrogen and oxygen atoms in total. The summed E-state index contributed by atoms with van der Waals surface area (Å²) in [5.41, 5.74) is 4.93. The zero-order chi connectivity index (χ0) is 34.3. The van der Waals surface area contributed by atoms with Gasteiger partial charge in [0.05, 0.1) is 32.1 Å². The number of hydrogen-bond donors (Lipinski definition) is 2. The first-order chi connectivity index (χ1) is 22.9. The van der Waals surface area contributed by atoms with E-state index in [1.54, 1.807) is 26.2 Å². The molecule has 48 heavy (non-hydrogen) atoms. The Morgan fingerprint density at radius 3 is 2.50 bits per heavy atom. The fourth-order valence-electron chi connectivity index (χ4n) is 7.26. The second-order valence-corrected chi connectivity index (χ2v) is 14.8. The Morgan fingerprint density at radius 1 is 1.06 bits per heavy atom. The molecule has 0 unspecified atom stereocenters. The Balaban J connectivity index is 1.55. The summed E-state index contributed by atoms with van der Waals surface area (Å²) in [6.07, 6.45) is 6.35. The Bertz CT molecular complexity index is 1910. The fourth-order valence-corrected chi connectivity index (χ4v) is 7.80. The minimum absolute atomic E-state index is 0.0120. The molecular formula is C35H42N4O8S. The third-order valence-electron chi connectivity index (χ3n) is 9.63. The number of likely N-dealkylation sites (tertiary alicyclic amines) is 1. The second-order valence-electron chi connectivity index (χ2n) is 12.9. The van der Waals surface area contributed by atoms with Crippen LogP contribution in [0.1, 0.15) is 72.9 Å². The van der Waals surface area contributed by atoms with Crippen LogP contribution in [0.4, 0.5) is 0 Å². The summed E-state index contributed by atoms with van der Waals surface area (Å²) in [4.78, 5) is 41.9. The first kappa shape index (κ1) is 33.7. The molecule has 0 bridgehead atoms. The van der Waals surface area contributed by atoms with Gasteiger partial charge in [-0.15, -0.1) is 0 Å². The van der Waals surface area contributed by atoms with E-state index in [0.29, 0.717) is 16.8 Å². The number of esters is 1. The number of carbonyl (C=O) groups excluding carboxylic acids is 3. The van der Waals surface area contributed by atoms with Crippen LogP contribution in [0.15, 0.2) is 42.0 Å². The van der Waals surface area contributed by atoms with Crippen LogP contribution in [0.2, 0.25) is 0 Å². The van der Waals surface area contributed by atoms with E-state index in [1.165, 1.54) is 19.0 Å². The molecule has 1 aromatic heterocycles. The topological polar surface area (TPSA) is 147 Å². The van der Waals surface area contributed by atoms with E-state index < -0.39 is 40.1 Å². The quantitative estimate of drug-likeness (QED) is 0.342. The summed E-state index contributed by atoms with van der Waals surface area (Å²) in [6, 6.07) is 10.0. The number of aliphatic hydroxyl groups excluding tert-OH is 1. The molecule has 3 heterocycles. The number of fused-ring (bicyclic) bond motifs is 5. The van der Waals surface area contributed by atoms with Gasteiger partial charge in [0.25, 0.3) is 11.8 Å². The van der Waals surface area contributed by atoms with Crippen LogP contribution in [0.25, 0.3) is 28.2 Å². The summed E-state index contributed by atoms with van der Waals surface area (Å²) in [7, 11) is 0.224. The maximum atomic E-state index is 14.4. The number of carbonyl (C=O) groups is 3. The van der Waals surface area contributed by atoms with E-state index in [0.717, 1.165) is 64.2 Å². The Morgan fingerprint density at radius 2 is 1.81 bits per heavy atom. The van der Waals surface area contributed by atoms with E-state index >= 15 is 0 Å². The highest BCUT2D eigenvalue weighted by Gasteiger charge is 2.41. The number of nitrogens with zero attached hydrogens (tertiary/aromatic N) is 3. The summed E-state index contributed by atoms with van der Waals surface area (Å²) in [6.45, 7) is 1.94. The first-order valence-electron chi connectivity index (χ1n) is 16.4. The lowest BCUT2D eigenvalue weighted by molar-refractivity contribution is -0.152. The van der Waals surface area contributed by atoms with Crippen LogP contribution in [0.3, 0.4) is 0 Å². The molecule has 1 aliphatic carbocycles. The predicted molar refractivity (Wildman–Crippen MR) is 181 cm³/mol. The molecule has 3 aromatic rings. The molecule has 2 aromatic carbocycles. The number of aliphatic hydroxyl groups is 1. The van der Waals surface area contributed by atoms with Crippen molar-refractivity contribution in [1.82, 2.24) is 18.5 Å². The van der Waals surface area contributed by atoms with Crippen LogP contribution in [-0.2, 0) is 31.1 Å². The molecule has 3 aliphatic rings. The van der Waals surface area contributed by atoms with Gasteiger partial charge in [-0.25, -0.2) is 9.52 Å². The number of β-amino-alcohol motifs (C(OH)–C–C–N with tert-alkyl or cyclic N) is 1. The molecule has 2 amide bonds. The van der Waals surface area contributed by atoms with Crippen molar-refractivity contribution in [2.75, 3.05) is 34.4 Å². The normalized spacial score (nSPS) is 19.8. The van der Waals surface area contributed by atoms with Crippen molar-refractivity contribution in [2.24, 2.45) is 0 Å². The molecule has 13 heteroatoms. The minimum atomic E-state index is -4.03. The van der Waals surface area contributed by atoms with Crippen molar-refractivity contribution in [1.29, 1.82) is 0 Å². The third kappa shape index (κ3) is 6.22. The van der Waals surface area contributed by atoms with Crippen molar-refractivity contribution in [3.8, 4) is 17.0 Å². The van der Waals surface area contributed by atoms with Gasteiger partial charge in [-0.1, -0.05) is 25.3 Å². The van der Waals surface area contributed by atoms with E-state index in [4.69, 9.17) is 9.47 Å². The van der Waals surface area contributed by atoms with Gasteiger partial charge in [0.15, 0.2) is 0 Å². The maximum absolute atomic E-state index is 14.4. The van der Waals surface area contributed by atoms with Crippen LogP contribution in [0, 0.1) is 0 Å². The van der Waals surface area contributed by atoms with E-state index in [1.807, 2.05) is 34.9 Å². The number of nitrogens with one attached hydrogen (secondary N) is 1. The highest BCUT2D eigenvalue weighted by molar-refractivity contribution is 7.87. The fraction of sp³-hybridized carbons (Fsp3) is 0.457. The van der Waals surface area contributed by atoms with Gasteiger partial charge in [-0.05, 0) is 73.2 Å². The lowest BCUT2D eigenvalue weighted by Crippen LogP contribution is -2.42. The lowest BCUT2D eigenvalue weighted by atomic mass is 9.81. The molecule has 6 rings (SSSR count). The maximum Gasteiger partial charge on any atom is 0.328 e. The predicted octanol–water partition coefficient (Wildman–Crippen LogP) is 3.82. The van der Waals surface area contributed by atoms with Crippen LogP contribution in [-0.4, -0.2) is 91.6 Å². The van der Waals surface area contributed by atoms with E-state index in [9.17, 15) is 27.9 Å². The van der Waals surface area contributed by atoms with Crippen molar-refractivity contribution in [3.63, 3.8) is 0 Å². The Hall–Kier alpha value is -4.20. The number of rotatable bonds is 8. The zero-order valence-corrected chi connectivity index (χ0v) is 28.5. The Labute approximate surface area is 280 Å². The summed E-state index contributed by atoms with van der Waals surface area (Å²) >= 11 is 0. The molecular weight excluding hydrogens is 636 g/mol. The monoisotopic (exact) mass is 678 g/mol. The number of amides is 2. The zero-order valence-electron chi connectivity index (χ0n) is 27.7. The molecule has 0 radical (unpaired) electrons. The molecule has 2 aliphatic heterocycles. The van der Waals surface area contributed by atoms with Gasteiger partial charge >= 0.3 is 16.2 Å². The smallest absolute Gasteiger partial charge is 0.328 e. The lowest BCUT2D eigenvalue weighted by Gasteiger charge is -2.24. The summed E-state index contributed by atoms with van der Waals surface area (Å²) < 4.78 is 40.9. The number of ether oxygens (including phenoxy) is 2. The highest BCUT2D eigenvalue weighted by Crippen LogP contribution is 2.47. The highest BCUT2D eigenvalue weighted by atomic mass is 32.2. The molecule has 1 saturated heterocycles. The van der Waals surface area contributed by atoms with Crippen molar-refractivity contribution >= 4 is 45.0 Å². The number of hydrogen-bond acceptors (Lipinski definition) is 8. The summed E-state index contributed by atoms with van der Waals surface area (Å²) in [5.74, 6) is -0.885. The van der Waals surface area contributed by atoms with Gasteiger partial charge in [0.1, 0.15) is 11.8 Å². The van der Waals surface area contributed by atoms with Gasteiger partial charge in [-0.2, -0.15) is 12.7 Å². The second kappa shape index (κ2) is 13.4. The molecule has 2 atom stereocenters. The minimum Gasteiger partial charge on any atom is -0.497 e. The number of aromatic nitrogens is 1. The van der Waals surface area contributed by atoms with Gasteiger partial charge < -0.3 is 24.0 Å². The molecule has 2 N–H and O–H groups in total. The van der Waals surface area contributed by atoms with Gasteiger partial charge in [0, 0.05) is 54.7 Å². The van der Waals surface area contributed by atoms with Crippen LogP contribution < -0.4 is 9.46 Å². The average molecular weight is 679 g/mol. The van der Waals surface area contributed by atoms with E-state index in [2.05, 4.69) is 4.72 Å².